The van der Waals surface area contributed by atoms with E-state index in [0.29, 0.717) is 11.1 Å². The molecule has 0 saturated carbocycles. The zero-order valence-corrected chi connectivity index (χ0v) is 20.9. The third kappa shape index (κ3) is 5.53. The van der Waals surface area contributed by atoms with Gasteiger partial charge in [0.2, 0.25) is 5.95 Å². The van der Waals surface area contributed by atoms with Crippen LogP contribution < -0.4 is 5.32 Å². The third-order valence-electron chi connectivity index (χ3n) is 6.45. The molecule has 0 fully saturated rings. The molecule has 6 nitrogen and oxygen atoms in total. The molecule has 1 aromatic carbocycles. The largest absolute Gasteiger partial charge is 0.323 e. The first-order chi connectivity index (χ1) is 16.8. The highest BCUT2D eigenvalue weighted by Crippen LogP contribution is 2.38. The van der Waals surface area contributed by atoms with Gasteiger partial charge in [-0.05, 0) is 61.9 Å². The molecule has 3 aromatic rings. The fourth-order valence-corrected chi connectivity index (χ4v) is 4.56. The zero-order chi connectivity index (χ0) is 25.1. The Morgan fingerprint density at radius 1 is 1.31 bits per heavy atom. The molecule has 35 heavy (non-hydrogen) atoms. The molecule has 4 rings (SSSR count). The molecule has 0 amide bonds. The van der Waals surface area contributed by atoms with Gasteiger partial charge in [-0.15, -0.1) is 5.10 Å². The normalized spacial score (nSPS) is 17.6. The van der Waals surface area contributed by atoms with E-state index in [1.54, 1.807) is 12.5 Å². The Labute approximate surface area is 209 Å². The van der Waals surface area contributed by atoms with E-state index < -0.39 is 11.7 Å². The lowest BCUT2D eigenvalue weighted by molar-refractivity contribution is 0.449. The minimum absolute atomic E-state index is 0.0732. The van der Waals surface area contributed by atoms with Gasteiger partial charge < -0.3 is 9.88 Å². The van der Waals surface area contributed by atoms with E-state index in [1.165, 1.54) is 13.0 Å². The molecule has 1 aliphatic heterocycles. The summed E-state index contributed by atoms with van der Waals surface area (Å²) >= 11 is 5.95. The SMILES string of the molecule is C=C(C(F)=CC(F)=CC)C(C)C1CCCCn2nc(Nc3ccc(-n4cnc(Cl)c4)c(C)c3)nc21. The van der Waals surface area contributed by atoms with E-state index in [1.807, 2.05) is 41.3 Å². The van der Waals surface area contributed by atoms with Crippen LogP contribution in [0.1, 0.15) is 50.4 Å². The van der Waals surface area contributed by atoms with E-state index in [0.717, 1.165) is 54.6 Å². The van der Waals surface area contributed by atoms with Crippen LogP contribution in [0.5, 0.6) is 0 Å². The van der Waals surface area contributed by atoms with Gasteiger partial charge in [-0.25, -0.2) is 18.4 Å². The number of imidazole rings is 1. The standard InChI is InChI=1S/C26H29ClF2N6/c1-5-19(28)13-22(29)18(4)17(3)21-8-6-7-11-35-25(21)32-26(33-35)31-20-9-10-23(16(2)12-20)34-14-24(27)30-15-34/h5,9-10,12-15,17,21H,4,6-8,11H2,1-3H3,(H,31,33). The van der Waals surface area contributed by atoms with Crippen LogP contribution in [0.15, 0.2) is 66.7 Å². The second kappa shape index (κ2) is 10.6. The summed E-state index contributed by atoms with van der Waals surface area (Å²) in [5, 5.41) is 8.40. The van der Waals surface area contributed by atoms with Gasteiger partial charge in [-0.1, -0.05) is 37.6 Å². The Morgan fingerprint density at radius 2 is 2.11 bits per heavy atom. The molecule has 2 aromatic heterocycles. The summed E-state index contributed by atoms with van der Waals surface area (Å²) < 4.78 is 32.0. The molecular formula is C26H29ClF2N6. The van der Waals surface area contributed by atoms with Gasteiger partial charge in [-0.2, -0.15) is 4.98 Å². The Hall–Kier alpha value is -3.26. The molecule has 2 unspecified atom stereocenters. The first-order valence-corrected chi connectivity index (χ1v) is 12.0. The van der Waals surface area contributed by atoms with Gasteiger partial charge in [0.15, 0.2) is 0 Å². The molecule has 0 bridgehead atoms. The molecular weight excluding hydrogens is 470 g/mol. The predicted octanol–water partition coefficient (Wildman–Crippen LogP) is 7.36. The van der Waals surface area contributed by atoms with Gasteiger partial charge in [0.25, 0.3) is 0 Å². The molecule has 1 aliphatic rings. The number of anilines is 2. The lowest BCUT2D eigenvalue weighted by Crippen LogP contribution is -2.16. The van der Waals surface area contributed by atoms with Crippen molar-refractivity contribution in [3.63, 3.8) is 0 Å². The summed E-state index contributed by atoms with van der Waals surface area (Å²) in [5.41, 5.74) is 3.12. The maximum atomic E-state index is 14.6. The molecule has 3 heterocycles. The Morgan fingerprint density at radius 3 is 2.80 bits per heavy atom. The summed E-state index contributed by atoms with van der Waals surface area (Å²) in [7, 11) is 0. The highest BCUT2D eigenvalue weighted by molar-refractivity contribution is 6.29. The van der Waals surface area contributed by atoms with Crippen molar-refractivity contribution < 1.29 is 8.78 Å². The highest BCUT2D eigenvalue weighted by Gasteiger charge is 2.30. The van der Waals surface area contributed by atoms with Crippen LogP contribution in [0.2, 0.25) is 5.15 Å². The van der Waals surface area contributed by atoms with Gasteiger partial charge in [-0.3, -0.25) is 0 Å². The van der Waals surface area contributed by atoms with Gasteiger partial charge in [0.1, 0.15) is 29.0 Å². The lowest BCUT2D eigenvalue weighted by Gasteiger charge is -2.23. The fraction of sp³-hybridized carbons (Fsp3) is 0.346. The van der Waals surface area contributed by atoms with Gasteiger partial charge in [0, 0.05) is 36.1 Å². The monoisotopic (exact) mass is 498 g/mol. The Kier molecular flexibility index (Phi) is 7.50. The van der Waals surface area contributed by atoms with E-state index in [2.05, 4.69) is 22.0 Å². The van der Waals surface area contributed by atoms with Crippen LogP contribution in [0.25, 0.3) is 5.69 Å². The van der Waals surface area contributed by atoms with Crippen molar-refractivity contribution in [2.45, 2.75) is 52.5 Å². The zero-order valence-electron chi connectivity index (χ0n) is 20.1. The van der Waals surface area contributed by atoms with Crippen molar-refractivity contribution in [3.05, 3.63) is 83.2 Å². The molecule has 0 spiro atoms. The van der Waals surface area contributed by atoms with Crippen LogP contribution in [-0.4, -0.2) is 24.3 Å². The number of nitrogens with zero attached hydrogens (tertiary/aromatic N) is 5. The smallest absolute Gasteiger partial charge is 0.246 e. The average Bonchev–Trinajstić information content (AvgIpc) is 3.38. The Bertz CT molecular complexity index is 1290. The van der Waals surface area contributed by atoms with Crippen LogP contribution in [0.3, 0.4) is 0 Å². The van der Waals surface area contributed by atoms with Crippen molar-refractivity contribution in [2.24, 2.45) is 5.92 Å². The maximum Gasteiger partial charge on any atom is 0.246 e. The average molecular weight is 499 g/mol. The van der Waals surface area contributed by atoms with E-state index in [9.17, 15) is 8.78 Å². The fourth-order valence-electron chi connectivity index (χ4n) is 4.41. The summed E-state index contributed by atoms with van der Waals surface area (Å²) in [6.07, 6.45) is 8.30. The van der Waals surface area contributed by atoms with Crippen molar-refractivity contribution in [1.82, 2.24) is 24.3 Å². The van der Waals surface area contributed by atoms with Crippen molar-refractivity contribution in [2.75, 3.05) is 5.32 Å². The number of benzene rings is 1. The Balaban J connectivity index is 1.56. The number of rotatable bonds is 7. The number of aryl methyl sites for hydroxylation is 2. The van der Waals surface area contributed by atoms with Crippen molar-refractivity contribution in [1.29, 1.82) is 0 Å². The van der Waals surface area contributed by atoms with E-state index in [4.69, 9.17) is 16.6 Å². The molecule has 0 radical (unpaired) electrons. The number of hydrogen-bond donors (Lipinski definition) is 1. The number of aromatic nitrogens is 5. The third-order valence-corrected chi connectivity index (χ3v) is 6.64. The first kappa shape index (κ1) is 24.9. The molecule has 2 atom stereocenters. The molecule has 0 aliphatic carbocycles. The van der Waals surface area contributed by atoms with E-state index >= 15 is 0 Å². The molecule has 184 valence electrons. The minimum atomic E-state index is -0.642. The van der Waals surface area contributed by atoms with Crippen LogP contribution >= 0.6 is 11.6 Å². The number of hydrogen-bond acceptors (Lipinski definition) is 4. The topological polar surface area (TPSA) is 60.6 Å². The second-order valence-corrected chi connectivity index (χ2v) is 9.22. The van der Waals surface area contributed by atoms with Crippen LogP contribution in [0.4, 0.5) is 20.4 Å². The summed E-state index contributed by atoms with van der Waals surface area (Å²) in [6.45, 7) is 10.1. The summed E-state index contributed by atoms with van der Waals surface area (Å²) in [5.74, 6) is -0.317. The molecule has 0 saturated heterocycles. The number of allylic oxidation sites excluding steroid dienone is 5. The summed E-state index contributed by atoms with van der Waals surface area (Å²) in [6, 6.07) is 5.93. The second-order valence-electron chi connectivity index (χ2n) is 8.83. The minimum Gasteiger partial charge on any atom is -0.323 e. The predicted molar refractivity (Wildman–Crippen MR) is 136 cm³/mol. The van der Waals surface area contributed by atoms with Gasteiger partial charge >= 0.3 is 0 Å². The maximum absolute atomic E-state index is 14.6. The number of nitrogens with one attached hydrogen (secondary N) is 1. The lowest BCUT2D eigenvalue weighted by atomic mass is 9.83. The van der Waals surface area contributed by atoms with Crippen molar-refractivity contribution >= 4 is 23.2 Å². The summed E-state index contributed by atoms with van der Waals surface area (Å²) in [4.78, 5) is 8.85. The number of fused-ring (bicyclic) bond motifs is 1. The van der Waals surface area contributed by atoms with Crippen molar-refractivity contribution in [3.8, 4) is 5.69 Å². The molecule has 1 N–H and O–H groups in total. The van der Waals surface area contributed by atoms with Gasteiger partial charge in [0.05, 0.1) is 0 Å². The first-order valence-electron chi connectivity index (χ1n) is 11.7. The van der Waals surface area contributed by atoms with Crippen LogP contribution in [0, 0.1) is 12.8 Å². The highest BCUT2D eigenvalue weighted by atomic mass is 35.5. The van der Waals surface area contributed by atoms with Crippen LogP contribution in [-0.2, 0) is 6.54 Å². The molecule has 9 heteroatoms. The number of halogens is 3. The quantitative estimate of drug-likeness (QED) is 0.346. The van der Waals surface area contributed by atoms with E-state index in [-0.39, 0.29) is 17.4 Å².